The van der Waals surface area contributed by atoms with E-state index in [4.69, 9.17) is 0 Å². The summed E-state index contributed by atoms with van der Waals surface area (Å²) in [6.45, 7) is 1.28. The summed E-state index contributed by atoms with van der Waals surface area (Å²) in [5.41, 5.74) is -1.45. The molecule has 1 aromatic carbocycles. The number of hydrogen-bond donors (Lipinski definition) is 3. The summed E-state index contributed by atoms with van der Waals surface area (Å²) < 4.78 is 51.7. The molecule has 0 spiro atoms. The van der Waals surface area contributed by atoms with E-state index in [1.807, 2.05) is 0 Å². The summed E-state index contributed by atoms with van der Waals surface area (Å²) >= 11 is 0. The average Bonchev–Trinajstić information content (AvgIpc) is 2.32. The predicted octanol–water partition coefficient (Wildman–Crippen LogP) is 1.78. The van der Waals surface area contributed by atoms with Crippen molar-refractivity contribution in [3.05, 3.63) is 29.1 Å². The van der Waals surface area contributed by atoms with Gasteiger partial charge in [-0.15, -0.1) is 0 Å². The van der Waals surface area contributed by atoms with Crippen molar-refractivity contribution in [3.8, 4) is 5.75 Å². The average molecular weight is 264 g/mol. The standard InChI is InChI=1S/C11H12F4N2O/c12-7-2-1-6(11(13,14)15)9(10(7)18)8-5-16-3-4-17-8/h1-2,8,16-18H,3-5H2/t8-/m0/s1. The Bertz CT molecular complexity index is 441. The van der Waals surface area contributed by atoms with Crippen molar-refractivity contribution in [2.75, 3.05) is 19.6 Å². The van der Waals surface area contributed by atoms with Crippen LogP contribution in [0.15, 0.2) is 12.1 Å². The first-order valence-electron chi connectivity index (χ1n) is 5.44. The van der Waals surface area contributed by atoms with Crippen molar-refractivity contribution < 1.29 is 22.7 Å². The molecule has 18 heavy (non-hydrogen) atoms. The van der Waals surface area contributed by atoms with E-state index < -0.39 is 34.9 Å². The molecular formula is C11H12F4N2O. The van der Waals surface area contributed by atoms with Gasteiger partial charge in [0, 0.05) is 31.2 Å². The second kappa shape index (κ2) is 4.74. The highest BCUT2D eigenvalue weighted by molar-refractivity contribution is 5.44. The van der Waals surface area contributed by atoms with E-state index in [2.05, 4.69) is 10.6 Å². The summed E-state index contributed by atoms with van der Waals surface area (Å²) in [6.07, 6.45) is -4.63. The van der Waals surface area contributed by atoms with Crippen LogP contribution in [-0.4, -0.2) is 24.7 Å². The summed E-state index contributed by atoms with van der Waals surface area (Å²) in [5.74, 6) is -1.99. The molecule has 3 N–H and O–H groups in total. The van der Waals surface area contributed by atoms with Crippen LogP contribution in [-0.2, 0) is 6.18 Å². The number of phenolic OH excluding ortho intramolecular Hbond substituents is 1. The minimum atomic E-state index is -4.63. The maximum absolute atomic E-state index is 13.2. The van der Waals surface area contributed by atoms with Gasteiger partial charge < -0.3 is 15.7 Å². The van der Waals surface area contributed by atoms with Crippen molar-refractivity contribution in [2.45, 2.75) is 12.2 Å². The molecule has 3 nitrogen and oxygen atoms in total. The Morgan fingerprint density at radius 3 is 2.50 bits per heavy atom. The number of halogens is 4. The van der Waals surface area contributed by atoms with Crippen LogP contribution in [0.1, 0.15) is 17.2 Å². The lowest BCUT2D eigenvalue weighted by Crippen LogP contribution is -2.43. The van der Waals surface area contributed by atoms with Crippen LogP contribution in [0.3, 0.4) is 0 Å². The largest absolute Gasteiger partial charge is 0.505 e. The number of alkyl halides is 3. The van der Waals surface area contributed by atoms with Gasteiger partial charge in [0.15, 0.2) is 11.6 Å². The van der Waals surface area contributed by atoms with Gasteiger partial charge in [0.25, 0.3) is 0 Å². The summed E-state index contributed by atoms with van der Waals surface area (Å²) in [7, 11) is 0. The third-order valence-electron chi connectivity index (χ3n) is 2.86. The maximum Gasteiger partial charge on any atom is 0.416 e. The van der Waals surface area contributed by atoms with Crippen LogP contribution in [0.4, 0.5) is 17.6 Å². The number of phenols is 1. The van der Waals surface area contributed by atoms with Gasteiger partial charge in [-0.2, -0.15) is 13.2 Å². The first-order valence-corrected chi connectivity index (χ1v) is 5.44. The van der Waals surface area contributed by atoms with Crippen molar-refractivity contribution >= 4 is 0 Å². The number of rotatable bonds is 1. The van der Waals surface area contributed by atoms with Gasteiger partial charge in [0.2, 0.25) is 0 Å². The molecule has 0 unspecified atom stereocenters. The zero-order chi connectivity index (χ0) is 13.3. The Hall–Kier alpha value is -1.34. The molecule has 1 aliphatic rings. The second-order valence-corrected chi connectivity index (χ2v) is 4.07. The van der Waals surface area contributed by atoms with Crippen molar-refractivity contribution in [2.24, 2.45) is 0 Å². The van der Waals surface area contributed by atoms with Gasteiger partial charge in [0.05, 0.1) is 5.56 Å². The van der Waals surface area contributed by atoms with Gasteiger partial charge in [-0.3, -0.25) is 0 Å². The number of piperazine rings is 1. The third kappa shape index (κ3) is 2.41. The molecule has 1 aromatic rings. The van der Waals surface area contributed by atoms with E-state index in [0.717, 1.165) is 0 Å². The fourth-order valence-electron chi connectivity index (χ4n) is 2.04. The molecule has 1 atom stereocenters. The molecule has 0 bridgehead atoms. The highest BCUT2D eigenvalue weighted by atomic mass is 19.4. The monoisotopic (exact) mass is 264 g/mol. The molecule has 1 heterocycles. The predicted molar refractivity (Wildman–Crippen MR) is 56.7 cm³/mol. The number of aromatic hydroxyl groups is 1. The first-order chi connectivity index (χ1) is 8.41. The fourth-order valence-corrected chi connectivity index (χ4v) is 2.04. The van der Waals surface area contributed by atoms with Gasteiger partial charge in [-0.05, 0) is 12.1 Å². The molecule has 100 valence electrons. The van der Waals surface area contributed by atoms with Crippen LogP contribution in [0.5, 0.6) is 5.75 Å². The quantitative estimate of drug-likeness (QED) is 0.677. The Morgan fingerprint density at radius 2 is 1.94 bits per heavy atom. The van der Waals surface area contributed by atoms with E-state index in [1.165, 1.54) is 0 Å². The molecule has 0 aromatic heterocycles. The van der Waals surface area contributed by atoms with Crippen LogP contribution in [0, 0.1) is 5.82 Å². The Labute approximate surface area is 101 Å². The molecule has 0 saturated carbocycles. The topological polar surface area (TPSA) is 44.3 Å². The minimum Gasteiger partial charge on any atom is -0.505 e. The van der Waals surface area contributed by atoms with Crippen LogP contribution in [0.2, 0.25) is 0 Å². The normalized spacial score (nSPS) is 21.0. The molecule has 1 saturated heterocycles. The van der Waals surface area contributed by atoms with Gasteiger partial charge in [0.1, 0.15) is 0 Å². The molecule has 2 rings (SSSR count). The Balaban J connectivity index is 2.50. The first kappa shape index (κ1) is 13.1. The maximum atomic E-state index is 13.2. The van der Waals surface area contributed by atoms with Crippen molar-refractivity contribution in [3.63, 3.8) is 0 Å². The second-order valence-electron chi connectivity index (χ2n) is 4.07. The zero-order valence-electron chi connectivity index (χ0n) is 9.31. The van der Waals surface area contributed by atoms with Crippen LogP contribution < -0.4 is 10.6 Å². The molecule has 0 amide bonds. The Morgan fingerprint density at radius 1 is 1.22 bits per heavy atom. The summed E-state index contributed by atoms with van der Waals surface area (Å²) in [5, 5.41) is 15.3. The van der Waals surface area contributed by atoms with E-state index in [1.54, 1.807) is 0 Å². The molecule has 0 aliphatic carbocycles. The molecular weight excluding hydrogens is 252 g/mol. The Kier molecular flexibility index (Phi) is 3.45. The molecule has 7 heteroatoms. The smallest absolute Gasteiger partial charge is 0.416 e. The number of benzene rings is 1. The van der Waals surface area contributed by atoms with Gasteiger partial charge in [-0.1, -0.05) is 0 Å². The summed E-state index contributed by atoms with van der Waals surface area (Å²) in [4.78, 5) is 0. The van der Waals surface area contributed by atoms with Crippen LogP contribution >= 0.6 is 0 Å². The lowest BCUT2D eigenvalue weighted by molar-refractivity contribution is -0.138. The number of hydrogen-bond acceptors (Lipinski definition) is 3. The lowest BCUT2D eigenvalue weighted by atomic mass is 9.97. The molecule has 1 aliphatic heterocycles. The van der Waals surface area contributed by atoms with Crippen LogP contribution in [0.25, 0.3) is 0 Å². The molecule has 0 radical (unpaired) electrons. The minimum absolute atomic E-state index is 0.208. The SMILES string of the molecule is Oc1c(F)ccc(C(F)(F)F)c1[C@@H]1CNCCN1. The van der Waals surface area contributed by atoms with E-state index in [0.29, 0.717) is 25.2 Å². The summed E-state index contributed by atoms with van der Waals surface area (Å²) in [6, 6.07) is 0.518. The molecule has 1 fully saturated rings. The van der Waals surface area contributed by atoms with E-state index >= 15 is 0 Å². The third-order valence-corrected chi connectivity index (χ3v) is 2.86. The highest BCUT2D eigenvalue weighted by Gasteiger charge is 2.38. The van der Waals surface area contributed by atoms with Crippen molar-refractivity contribution in [1.82, 2.24) is 10.6 Å². The van der Waals surface area contributed by atoms with E-state index in [-0.39, 0.29) is 6.54 Å². The van der Waals surface area contributed by atoms with Crippen molar-refractivity contribution in [1.29, 1.82) is 0 Å². The van der Waals surface area contributed by atoms with Gasteiger partial charge in [-0.25, -0.2) is 4.39 Å². The fraction of sp³-hybridized carbons (Fsp3) is 0.455. The lowest BCUT2D eigenvalue weighted by Gasteiger charge is -2.28. The highest BCUT2D eigenvalue weighted by Crippen LogP contribution is 2.40. The van der Waals surface area contributed by atoms with E-state index in [9.17, 15) is 22.7 Å². The number of nitrogens with one attached hydrogen (secondary N) is 2. The zero-order valence-corrected chi connectivity index (χ0v) is 9.31. The van der Waals surface area contributed by atoms with Gasteiger partial charge >= 0.3 is 6.18 Å².